The molecular weight excluding hydrogens is 236 g/mol. The minimum absolute atomic E-state index is 0.0339. The minimum Gasteiger partial charge on any atom is -0.382 e. The molecule has 1 N–H and O–H groups in total. The molecule has 0 saturated carbocycles. The number of aromatic nitrogens is 1. The Morgan fingerprint density at radius 2 is 1.74 bits per heavy atom. The molecule has 0 spiro atoms. The summed E-state index contributed by atoms with van der Waals surface area (Å²) in [4.78, 5) is 4.17. The number of rotatable bonds is 4. The van der Waals surface area contributed by atoms with E-state index in [9.17, 15) is 5.11 Å². The van der Waals surface area contributed by atoms with Gasteiger partial charge < -0.3 is 5.11 Å². The molecule has 0 saturated heterocycles. The monoisotopic (exact) mass is 257 g/mol. The van der Waals surface area contributed by atoms with Crippen LogP contribution >= 0.6 is 0 Å². The van der Waals surface area contributed by atoms with Crippen molar-refractivity contribution in [2.24, 2.45) is 0 Å². The van der Waals surface area contributed by atoms with Crippen molar-refractivity contribution in [3.8, 4) is 0 Å². The Morgan fingerprint density at radius 1 is 1.05 bits per heavy atom. The summed E-state index contributed by atoms with van der Waals surface area (Å²) in [6, 6.07) is 13.8. The Bertz CT molecular complexity index is 511. The maximum absolute atomic E-state index is 10.5. The highest BCUT2D eigenvalue weighted by Crippen LogP contribution is 2.28. The molecule has 2 atom stereocenters. The van der Waals surface area contributed by atoms with Crippen LogP contribution in [0.4, 0.5) is 5.69 Å². The number of likely N-dealkylation sites (N-methyl/N-ethyl adjacent to an activating group) is 1. The fourth-order valence-corrected chi connectivity index (χ4v) is 2.21. The van der Waals surface area contributed by atoms with Crippen molar-refractivity contribution >= 4 is 5.69 Å². The van der Waals surface area contributed by atoms with Gasteiger partial charge in [-0.15, -0.1) is 0 Å². The van der Waals surface area contributed by atoms with Crippen LogP contribution in [0, 0.1) is 0 Å². The number of aliphatic hydroxyl groups excluding tert-OH is 1. The third-order valence-electron chi connectivity index (χ3n) is 3.93. The van der Waals surface area contributed by atoms with Gasteiger partial charge in [-0.3, -0.25) is 9.47 Å². The van der Waals surface area contributed by atoms with Crippen LogP contribution in [0.2, 0.25) is 0 Å². The lowest BCUT2D eigenvalue weighted by Crippen LogP contribution is -2.51. The van der Waals surface area contributed by atoms with Gasteiger partial charge in [0.15, 0.2) is 5.69 Å². The molecule has 0 aliphatic heterocycles. The molecule has 0 radical (unpaired) electrons. The van der Waals surface area contributed by atoms with Gasteiger partial charge >= 0.3 is 0 Å². The zero-order valence-corrected chi connectivity index (χ0v) is 11.7. The maximum Gasteiger partial charge on any atom is 0.151 e. The molecule has 2 aromatic rings. The Hall–Kier alpha value is -1.71. The summed E-state index contributed by atoms with van der Waals surface area (Å²) in [6.45, 7) is 2.06. The van der Waals surface area contributed by atoms with Crippen molar-refractivity contribution in [1.82, 2.24) is 9.47 Å². The number of benzene rings is 1. The SMILES string of the molecule is C[C@@H]([C@H](O)c1ccccc1)[N+](C)(C)c1cccnc1. The van der Waals surface area contributed by atoms with Crippen molar-refractivity contribution in [1.29, 1.82) is 0 Å². The second kappa shape index (κ2) is 5.51. The third kappa shape index (κ3) is 2.83. The van der Waals surface area contributed by atoms with Crippen molar-refractivity contribution < 1.29 is 5.11 Å². The molecule has 3 heteroatoms. The number of hydrogen-bond donors (Lipinski definition) is 1. The van der Waals surface area contributed by atoms with Crippen molar-refractivity contribution in [2.75, 3.05) is 14.1 Å². The first-order chi connectivity index (χ1) is 9.03. The predicted octanol–water partition coefficient (Wildman–Crippen LogP) is 2.77. The van der Waals surface area contributed by atoms with Crippen molar-refractivity contribution in [3.05, 3.63) is 60.4 Å². The summed E-state index contributed by atoms with van der Waals surface area (Å²) in [6.07, 6.45) is 3.12. The molecule has 3 nitrogen and oxygen atoms in total. The van der Waals surface area contributed by atoms with Crippen LogP contribution in [0.1, 0.15) is 18.6 Å². The van der Waals surface area contributed by atoms with Crippen LogP contribution < -0.4 is 4.48 Å². The molecule has 1 heterocycles. The standard InChI is InChI=1S/C16H21N2O/c1-13(16(19)14-8-5-4-6-9-14)18(2,3)15-10-7-11-17-12-15/h4-13,16,19H,1-3H3/q+1/t13-,16-/m0/s1. The molecule has 2 rings (SSSR count). The van der Waals surface area contributed by atoms with E-state index in [4.69, 9.17) is 0 Å². The van der Waals surface area contributed by atoms with E-state index >= 15 is 0 Å². The van der Waals surface area contributed by atoms with Gasteiger partial charge in [0.1, 0.15) is 12.1 Å². The average Bonchev–Trinajstić information content (AvgIpc) is 2.47. The van der Waals surface area contributed by atoms with Gasteiger partial charge in [0.25, 0.3) is 0 Å². The van der Waals surface area contributed by atoms with E-state index in [1.165, 1.54) is 0 Å². The third-order valence-corrected chi connectivity index (χ3v) is 3.93. The predicted molar refractivity (Wildman–Crippen MR) is 78.7 cm³/mol. The highest BCUT2D eigenvalue weighted by atomic mass is 16.3. The van der Waals surface area contributed by atoms with Gasteiger partial charge in [-0.1, -0.05) is 30.3 Å². The summed E-state index contributed by atoms with van der Waals surface area (Å²) in [7, 11) is 4.18. The van der Waals surface area contributed by atoms with E-state index in [1.54, 1.807) is 6.20 Å². The van der Waals surface area contributed by atoms with Gasteiger partial charge in [0.05, 0.1) is 20.3 Å². The van der Waals surface area contributed by atoms with Gasteiger partial charge in [-0.05, 0) is 18.6 Å². The Balaban J connectivity index is 2.26. The second-order valence-electron chi connectivity index (χ2n) is 5.35. The highest BCUT2D eigenvalue weighted by Gasteiger charge is 2.33. The van der Waals surface area contributed by atoms with E-state index < -0.39 is 6.10 Å². The average molecular weight is 257 g/mol. The fraction of sp³-hybridized carbons (Fsp3) is 0.312. The normalized spacial score (nSPS) is 14.9. The quantitative estimate of drug-likeness (QED) is 0.854. The van der Waals surface area contributed by atoms with Gasteiger partial charge in [0.2, 0.25) is 0 Å². The van der Waals surface area contributed by atoms with Crippen LogP contribution in [0.5, 0.6) is 0 Å². The lowest BCUT2D eigenvalue weighted by atomic mass is 10.0. The maximum atomic E-state index is 10.5. The molecule has 19 heavy (non-hydrogen) atoms. The first-order valence-corrected chi connectivity index (χ1v) is 6.50. The summed E-state index contributed by atoms with van der Waals surface area (Å²) >= 11 is 0. The zero-order chi connectivity index (χ0) is 13.9. The summed E-state index contributed by atoms with van der Waals surface area (Å²) in [5, 5.41) is 10.5. The summed E-state index contributed by atoms with van der Waals surface area (Å²) in [5.74, 6) is 0. The topological polar surface area (TPSA) is 33.1 Å². The molecular formula is C16H21N2O+. The first kappa shape index (κ1) is 13.7. The lowest BCUT2D eigenvalue weighted by molar-refractivity contribution is 0.0876. The highest BCUT2D eigenvalue weighted by molar-refractivity contribution is 5.40. The number of hydrogen-bond acceptors (Lipinski definition) is 2. The van der Waals surface area contributed by atoms with E-state index in [-0.39, 0.29) is 6.04 Å². The molecule has 0 aliphatic carbocycles. The van der Waals surface area contributed by atoms with Crippen molar-refractivity contribution in [3.63, 3.8) is 0 Å². The second-order valence-corrected chi connectivity index (χ2v) is 5.35. The summed E-state index contributed by atoms with van der Waals surface area (Å²) in [5.41, 5.74) is 2.04. The Morgan fingerprint density at radius 3 is 2.32 bits per heavy atom. The van der Waals surface area contributed by atoms with Gasteiger partial charge in [-0.2, -0.15) is 0 Å². The number of quaternary nitrogens is 1. The van der Waals surface area contributed by atoms with Crippen LogP contribution in [0.3, 0.4) is 0 Å². The minimum atomic E-state index is -0.503. The zero-order valence-electron chi connectivity index (χ0n) is 11.7. The largest absolute Gasteiger partial charge is 0.382 e. The van der Waals surface area contributed by atoms with Crippen LogP contribution in [-0.2, 0) is 0 Å². The fourth-order valence-electron chi connectivity index (χ4n) is 2.21. The van der Waals surface area contributed by atoms with Crippen LogP contribution in [0.15, 0.2) is 54.9 Å². The first-order valence-electron chi connectivity index (χ1n) is 6.50. The van der Waals surface area contributed by atoms with Crippen LogP contribution in [0.25, 0.3) is 0 Å². The van der Waals surface area contributed by atoms with Gasteiger partial charge in [0, 0.05) is 12.3 Å². The smallest absolute Gasteiger partial charge is 0.151 e. The number of nitrogens with zero attached hydrogens (tertiary/aromatic N) is 2. The van der Waals surface area contributed by atoms with Crippen LogP contribution in [-0.4, -0.2) is 30.2 Å². The van der Waals surface area contributed by atoms with Gasteiger partial charge in [-0.25, -0.2) is 0 Å². The molecule has 0 aliphatic rings. The Labute approximate surface area is 114 Å². The molecule has 0 amide bonds. The number of pyridine rings is 1. The molecule has 0 bridgehead atoms. The lowest BCUT2D eigenvalue weighted by Gasteiger charge is -2.37. The van der Waals surface area contributed by atoms with E-state index in [2.05, 4.69) is 26.0 Å². The van der Waals surface area contributed by atoms with Crippen molar-refractivity contribution in [2.45, 2.75) is 19.1 Å². The molecule has 1 aromatic carbocycles. The van der Waals surface area contributed by atoms with E-state index in [0.717, 1.165) is 11.3 Å². The molecule has 1 aromatic heterocycles. The number of aliphatic hydroxyl groups is 1. The molecule has 100 valence electrons. The van der Waals surface area contributed by atoms with E-state index in [0.29, 0.717) is 4.48 Å². The summed E-state index contributed by atoms with van der Waals surface area (Å²) < 4.78 is 0.587. The molecule has 0 unspecified atom stereocenters. The van der Waals surface area contributed by atoms with E-state index in [1.807, 2.05) is 48.7 Å². The molecule has 0 fully saturated rings. The Kier molecular flexibility index (Phi) is 3.98.